The van der Waals surface area contributed by atoms with Crippen LogP contribution in [0.15, 0.2) is 22.2 Å². The van der Waals surface area contributed by atoms with E-state index in [0.29, 0.717) is 10.1 Å². The SMILES string of the molecule is FC1C=C(Cl)C=C(Cl)C1. The van der Waals surface area contributed by atoms with E-state index in [-0.39, 0.29) is 6.42 Å². The van der Waals surface area contributed by atoms with Crippen LogP contribution in [0.2, 0.25) is 0 Å². The Morgan fingerprint density at radius 3 is 2.67 bits per heavy atom. The van der Waals surface area contributed by atoms with Gasteiger partial charge in [0, 0.05) is 16.5 Å². The highest BCUT2D eigenvalue weighted by Gasteiger charge is 2.10. The first-order valence-corrected chi connectivity index (χ1v) is 3.31. The van der Waals surface area contributed by atoms with Crippen molar-refractivity contribution in [2.75, 3.05) is 0 Å². The summed E-state index contributed by atoms with van der Waals surface area (Å²) < 4.78 is 12.4. The van der Waals surface area contributed by atoms with Crippen LogP contribution in [0, 0.1) is 0 Å². The van der Waals surface area contributed by atoms with E-state index in [1.165, 1.54) is 6.08 Å². The van der Waals surface area contributed by atoms with Gasteiger partial charge in [-0.05, 0) is 12.2 Å². The van der Waals surface area contributed by atoms with Crippen LogP contribution in [0.5, 0.6) is 0 Å². The molecule has 0 aromatic carbocycles. The number of allylic oxidation sites excluding steroid dienone is 4. The molecule has 0 N–H and O–H groups in total. The first-order chi connectivity index (χ1) is 4.18. The largest absolute Gasteiger partial charge is 0.242 e. The van der Waals surface area contributed by atoms with Crippen LogP contribution in [0.4, 0.5) is 4.39 Å². The van der Waals surface area contributed by atoms with Crippen molar-refractivity contribution >= 4 is 23.2 Å². The van der Waals surface area contributed by atoms with Crippen molar-refractivity contribution in [1.82, 2.24) is 0 Å². The van der Waals surface area contributed by atoms with Crippen molar-refractivity contribution in [2.24, 2.45) is 0 Å². The van der Waals surface area contributed by atoms with E-state index in [2.05, 4.69) is 0 Å². The Morgan fingerprint density at radius 2 is 2.22 bits per heavy atom. The Balaban J connectivity index is 2.74. The van der Waals surface area contributed by atoms with Crippen LogP contribution >= 0.6 is 23.2 Å². The van der Waals surface area contributed by atoms with Gasteiger partial charge in [0.2, 0.25) is 0 Å². The Labute approximate surface area is 63.0 Å². The molecular weight excluding hydrogens is 162 g/mol. The van der Waals surface area contributed by atoms with Gasteiger partial charge in [-0.3, -0.25) is 0 Å². The minimum Gasteiger partial charge on any atom is -0.242 e. The second-order valence-corrected chi connectivity index (χ2v) is 2.78. The van der Waals surface area contributed by atoms with Gasteiger partial charge in [-0.2, -0.15) is 0 Å². The lowest BCUT2D eigenvalue weighted by atomic mass is 10.2. The average Bonchev–Trinajstić information content (AvgIpc) is 1.59. The third-order valence-corrected chi connectivity index (χ3v) is 1.52. The molecule has 0 heterocycles. The standard InChI is InChI=1S/C6H5Cl2F/c7-4-1-5(8)3-6(9)2-4/h1-2,6H,3H2. The van der Waals surface area contributed by atoms with Crippen molar-refractivity contribution in [2.45, 2.75) is 12.6 Å². The molecule has 1 aliphatic rings. The summed E-state index contributed by atoms with van der Waals surface area (Å²) in [6.45, 7) is 0. The first-order valence-electron chi connectivity index (χ1n) is 2.56. The highest BCUT2D eigenvalue weighted by Crippen LogP contribution is 2.24. The van der Waals surface area contributed by atoms with Crippen LogP contribution in [0.1, 0.15) is 6.42 Å². The summed E-state index contributed by atoms with van der Waals surface area (Å²) in [7, 11) is 0. The Kier molecular flexibility index (Phi) is 2.14. The van der Waals surface area contributed by atoms with Crippen molar-refractivity contribution in [1.29, 1.82) is 0 Å². The third kappa shape index (κ3) is 1.99. The monoisotopic (exact) mass is 166 g/mol. The Bertz CT molecular complexity index is 172. The molecule has 9 heavy (non-hydrogen) atoms. The van der Waals surface area contributed by atoms with Crippen molar-refractivity contribution in [3.8, 4) is 0 Å². The van der Waals surface area contributed by atoms with Gasteiger partial charge in [0.15, 0.2) is 0 Å². The Morgan fingerprint density at radius 1 is 1.56 bits per heavy atom. The molecule has 1 unspecified atom stereocenters. The highest BCUT2D eigenvalue weighted by atomic mass is 35.5. The molecule has 50 valence electrons. The number of alkyl halides is 1. The Hall–Kier alpha value is -0.0100. The van der Waals surface area contributed by atoms with E-state index in [9.17, 15) is 4.39 Å². The summed E-state index contributed by atoms with van der Waals surface area (Å²) in [5.41, 5.74) is 0. The van der Waals surface area contributed by atoms with Gasteiger partial charge < -0.3 is 0 Å². The van der Waals surface area contributed by atoms with Gasteiger partial charge in [-0.1, -0.05) is 23.2 Å². The molecule has 1 rings (SSSR count). The lowest BCUT2D eigenvalue weighted by molar-refractivity contribution is 0.399. The molecule has 0 aromatic rings. The lowest BCUT2D eigenvalue weighted by Gasteiger charge is -2.07. The minimum atomic E-state index is -1.00. The zero-order valence-electron chi connectivity index (χ0n) is 4.57. The molecule has 0 amide bonds. The number of hydrogen-bond donors (Lipinski definition) is 0. The molecule has 0 aliphatic heterocycles. The molecule has 0 radical (unpaired) electrons. The highest BCUT2D eigenvalue weighted by molar-refractivity contribution is 6.35. The van der Waals surface area contributed by atoms with Crippen molar-refractivity contribution in [3.63, 3.8) is 0 Å². The van der Waals surface area contributed by atoms with Crippen LogP contribution in [-0.4, -0.2) is 6.17 Å². The summed E-state index contributed by atoms with van der Waals surface area (Å²) in [6, 6.07) is 0. The third-order valence-electron chi connectivity index (χ3n) is 1.02. The molecule has 0 saturated carbocycles. The zero-order chi connectivity index (χ0) is 6.85. The smallest absolute Gasteiger partial charge is 0.125 e. The van der Waals surface area contributed by atoms with Gasteiger partial charge in [0.05, 0.1) is 0 Å². The van der Waals surface area contributed by atoms with Crippen molar-refractivity contribution < 1.29 is 4.39 Å². The van der Waals surface area contributed by atoms with Crippen LogP contribution in [-0.2, 0) is 0 Å². The molecule has 0 spiro atoms. The first kappa shape index (κ1) is 7.10. The number of rotatable bonds is 0. The van der Waals surface area contributed by atoms with E-state index in [1.807, 2.05) is 0 Å². The topological polar surface area (TPSA) is 0 Å². The summed E-state index contributed by atoms with van der Waals surface area (Å²) in [5.74, 6) is 0. The maximum absolute atomic E-state index is 12.4. The van der Waals surface area contributed by atoms with E-state index in [4.69, 9.17) is 23.2 Å². The fraction of sp³-hybridized carbons (Fsp3) is 0.333. The van der Waals surface area contributed by atoms with E-state index < -0.39 is 6.17 Å². The minimum absolute atomic E-state index is 0.262. The molecule has 3 heteroatoms. The van der Waals surface area contributed by atoms with Gasteiger partial charge >= 0.3 is 0 Å². The van der Waals surface area contributed by atoms with Crippen LogP contribution in [0.25, 0.3) is 0 Å². The van der Waals surface area contributed by atoms with Crippen LogP contribution < -0.4 is 0 Å². The quantitative estimate of drug-likeness (QED) is 0.520. The van der Waals surface area contributed by atoms with Gasteiger partial charge in [-0.15, -0.1) is 0 Å². The maximum atomic E-state index is 12.4. The predicted octanol–water partition coefficient (Wildman–Crippen LogP) is 2.97. The average molecular weight is 167 g/mol. The molecule has 0 fully saturated rings. The molecule has 0 saturated heterocycles. The van der Waals surface area contributed by atoms with Gasteiger partial charge in [0.25, 0.3) is 0 Å². The predicted molar refractivity (Wildman–Crippen MR) is 37.4 cm³/mol. The molecular formula is C6H5Cl2F. The molecule has 1 atom stereocenters. The number of halogens is 3. The summed E-state index contributed by atoms with van der Waals surface area (Å²) in [4.78, 5) is 0. The summed E-state index contributed by atoms with van der Waals surface area (Å²) in [5, 5.41) is 0.869. The summed E-state index contributed by atoms with van der Waals surface area (Å²) in [6.07, 6.45) is 2.15. The van der Waals surface area contributed by atoms with Gasteiger partial charge in [-0.25, -0.2) is 4.39 Å². The molecule has 0 bridgehead atoms. The molecule has 1 aliphatic carbocycles. The van der Waals surface area contributed by atoms with E-state index in [0.717, 1.165) is 0 Å². The van der Waals surface area contributed by atoms with Crippen molar-refractivity contribution in [3.05, 3.63) is 22.2 Å². The van der Waals surface area contributed by atoms with Crippen LogP contribution in [0.3, 0.4) is 0 Å². The fourth-order valence-corrected chi connectivity index (χ4v) is 1.26. The summed E-state index contributed by atoms with van der Waals surface area (Å²) >= 11 is 11.0. The van der Waals surface area contributed by atoms with E-state index in [1.54, 1.807) is 6.08 Å². The van der Waals surface area contributed by atoms with Gasteiger partial charge in [0.1, 0.15) is 6.17 Å². The number of hydrogen-bond acceptors (Lipinski definition) is 0. The molecule has 0 nitrogen and oxygen atoms in total. The normalized spacial score (nSPS) is 27.2. The lowest BCUT2D eigenvalue weighted by Crippen LogP contribution is -1.99. The van der Waals surface area contributed by atoms with E-state index >= 15 is 0 Å². The second-order valence-electron chi connectivity index (χ2n) is 1.86. The zero-order valence-corrected chi connectivity index (χ0v) is 6.08. The second kappa shape index (κ2) is 2.72. The molecule has 0 aromatic heterocycles. The fourth-order valence-electron chi connectivity index (χ4n) is 0.675. The maximum Gasteiger partial charge on any atom is 0.125 e.